The van der Waals surface area contributed by atoms with Gasteiger partial charge in [0.15, 0.2) is 6.61 Å². The van der Waals surface area contributed by atoms with Crippen LogP contribution >= 0.6 is 0 Å². The number of nitrogens with zero attached hydrogens (tertiary/aromatic N) is 3. The fourth-order valence-electron chi connectivity index (χ4n) is 1.12. The zero-order chi connectivity index (χ0) is 11.9. The summed E-state index contributed by atoms with van der Waals surface area (Å²) in [6.07, 6.45) is 6.08. The van der Waals surface area contributed by atoms with Crippen molar-refractivity contribution in [2.24, 2.45) is 0 Å². The molecule has 2 aromatic heterocycles. The van der Waals surface area contributed by atoms with Crippen LogP contribution in [0.3, 0.4) is 0 Å². The first-order valence-corrected chi connectivity index (χ1v) is 4.93. The monoisotopic (exact) mass is 230 g/mol. The zero-order valence-electron chi connectivity index (χ0n) is 8.91. The lowest BCUT2D eigenvalue weighted by atomic mass is 10.4. The van der Waals surface area contributed by atoms with E-state index in [1.54, 1.807) is 30.6 Å². The summed E-state index contributed by atoms with van der Waals surface area (Å²) in [5.41, 5.74) is 0. The van der Waals surface area contributed by atoms with Gasteiger partial charge in [-0.05, 0) is 18.2 Å². The van der Waals surface area contributed by atoms with Crippen molar-refractivity contribution in [3.63, 3.8) is 0 Å². The zero-order valence-corrected chi connectivity index (χ0v) is 8.91. The molecule has 2 heterocycles. The van der Waals surface area contributed by atoms with Crippen molar-refractivity contribution in [2.75, 3.05) is 11.9 Å². The van der Waals surface area contributed by atoms with Gasteiger partial charge in [-0.25, -0.2) is 9.97 Å². The predicted molar refractivity (Wildman–Crippen MR) is 60.4 cm³/mol. The number of hydrogen-bond donors (Lipinski definition) is 1. The number of carbonyl (C=O) groups excluding carboxylic acids is 1. The van der Waals surface area contributed by atoms with E-state index < -0.39 is 0 Å². The predicted octanol–water partition coefficient (Wildman–Crippen LogP) is 0.889. The SMILES string of the molecule is O=C(COc1cccnc1)Nc1ccncn1. The van der Waals surface area contributed by atoms with Crippen molar-refractivity contribution in [2.45, 2.75) is 0 Å². The Labute approximate surface area is 97.7 Å². The molecule has 6 nitrogen and oxygen atoms in total. The maximum atomic E-state index is 11.5. The highest BCUT2D eigenvalue weighted by Gasteiger charge is 2.03. The van der Waals surface area contributed by atoms with Crippen LogP contribution in [0, 0.1) is 0 Å². The van der Waals surface area contributed by atoms with E-state index in [-0.39, 0.29) is 12.5 Å². The van der Waals surface area contributed by atoms with E-state index in [4.69, 9.17) is 4.74 Å². The second-order valence-corrected chi connectivity index (χ2v) is 3.12. The maximum absolute atomic E-state index is 11.5. The molecule has 2 aromatic rings. The molecule has 0 saturated heterocycles. The van der Waals surface area contributed by atoms with Gasteiger partial charge in [0.2, 0.25) is 0 Å². The highest BCUT2D eigenvalue weighted by molar-refractivity contribution is 5.90. The Morgan fingerprint density at radius 3 is 2.94 bits per heavy atom. The van der Waals surface area contributed by atoms with Crippen LogP contribution < -0.4 is 10.1 Å². The third kappa shape index (κ3) is 3.53. The van der Waals surface area contributed by atoms with Crippen LogP contribution in [0.25, 0.3) is 0 Å². The van der Waals surface area contributed by atoms with Gasteiger partial charge < -0.3 is 10.1 Å². The van der Waals surface area contributed by atoms with Crippen LogP contribution in [-0.2, 0) is 4.79 Å². The number of amides is 1. The van der Waals surface area contributed by atoms with E-state index in [9.17, 15) is 4.79 Å². The van der Waals surface area contributed by atoms with Crippen LogP contribution in [0.5, 0.6) is 5.75 Å². The number of anilines is 1. The Balaban J connectivity index is 1.83. The molecule has 0 aliphatic carbocycles. The topological polar surface area (TPSA) is 77.0 Å². The van der Waals surface area contributed by atoms with Gasteiger partial charge in [0.05, 0.1) is 6.20 Å². The Bertz CT molecular complexity index is 475. The van der Waals surface area contributed by atoms with Gasteiger partial charge in [0.25, 0.3) is 5.91 Å². The van der Waals surface area contributed by atoms with Crippen LogP contribution in [-0.4, -0.2) is 27.5 Å². The van der Waals surface area contributed by atoms with E-state index in [2.05, 4.69) is 20.3 Å². The summed E-state index contributed by atoms with van der Waals surface area (Å²) in [6.45, 7) is -0.0876. The van der Waals surface area contributed by atoms with Crippen LogP contribution in [0.15, 0.2) is 43.1 Å². The van der Waals surface area contributed by atoms with Crippen LogP contribution in [0.1, 0.15) is 0 Å². The minimum Gasteiger partial charge on any atom is -0.482 e. The number of ether oxygens (including phenoxy) is 1. The highest BCUT2D eigenvalue weighted by atomic mass is 16.5. The third-order valence-electron chi connectivity index (χ3n) is 1.85. The molecule has 0 spiro atoms. The second kappa shape index (κ2) is 5.55. The molecule has 0 aliphatic rings. The van der Waals surface area contributed by atoms with Gasteiger partial charge in [0, 0.05) is 12.4 Å². The molecule has 0 aliphatic heterocycles. The molecule has 0 unspecified atom stereocenters. The van der Waals surface area contributed by atoms with E-state index in [1.165, 1.54) is 12.5 Å². The average molecular weight is 230 g/mol. The Hall–Kier alpha value is -2.50. The molecule has 6 heteroatoms. The Kier molecular flexibility index (Phi) is 3.59. The number of rotatable bonds is 4. The fraction of sp³-hybridized carbons (Fsp3) is 0.0909. The summed E-state index contributed by atoms with van der Waals surface area (Å²) in [5.74, 6) is 0.706. The Morgan fingerprint density at radius 2 is 2.24 bits per heavy atom. The van der Waals surface area contributed by atoms with Gasteiger partial charge >= 0.3 is 0 Å². The molecular weight excluding hydrogens is 220 g/mol. The molecule has 86 valence electrons. The number of aromatic nitrogens is 3. The molecule has 2 rings (SSSR count). The maximum Gasteiger partial charge on any atom is 0.263 e. The minimum atomic E-state index is -0.285. The number of carbonyl (C=O) groups is 1. The minimum absolute atomic E-state index is 0.0876. The molecule has 0 radical (unpaired) electrons. The first kappa shape index (κ1) is 11.0. The summed E-state index contributed by atoms with van der Waals surface area (Å²) in [4.78, 5) is 22.9. The Morgan fingerprint density at radius 1 is 1.29 bits per heavy atom. The van der Waals surface area contributed by atoms with E-state index in [0.29, 0.717) is 11.6 Å². The standard InChI is InChI=1S/C11H10N4O2/c16-11(15-10-3-5-13-8-14-10)7-17-9-2-1-4-12-6-9/h1-6,8H,7H2,(H,13,14,15,16). The molecule has 0 fully saturated rings. The van der Waals surface area contributed by atoms with Gasteiger partial charge in [0.1, 0.15) is 17.9 Å². The molecular formula is C11H10N4O2. The molecule has 0 saturated carbocycles. The summed E-state index contributed by atoms with van der Waals surface area (Å²) < 4.78 is 5.22. The molecule has 17 heavy (non-hydrogen) atoms. The summed E-state index contributed by atoms with van der Waals surface area (Å²) in [5, 5.41) is 2.58. The van der Waals surface area contributed by atoms with Crippen LogP contribution in [0.4, 0.5) is 5.82 Å². The van der Waals surface area contributed by atoms with Gasteiger partial charge in [-0.2, -0.15) is 0 Å². The van der Waals surface area contributed by atoms with Crippen molar-refractivity contribution >= 4 is 11.7 Å². The van der Waals surface area contributed by atoms with Crippen LogP contribution in [0.2, 0.25) is 0 Å². The van der Waals surface area contributed by atoms with Crippen molar-refractivity contribution in [3.05, 3.63) is 43.1 Å². The van der Waals surface area contributed by atoms with E-state index in [1.807, 2.05) is 0 Å². The smallest absolute Gasteiger partial charge is 0.263 e. The molecule has 1 N–H and O–H groups in total. The first-order valence-electron chi connectivity index (χ1n) is 4.93. The third-order valence-corrected chi connectivity index (χ3v) is 1.85. The average Bonchev–Trinajstić information content (AvgIpc) is 2.39. The summed E-state index contributed by atoms with van der Waals surface area (Å²) in [7, 11) is 0. The number of pyridine rings is 1. The molecule has 1 amide bonds. The lowest BCUT2D eigenvalue weighted by molar-refractivity contribution is -0.118. The molecule has 0 aromatic carbocycles. The highest BCUT2D eigenvalue weighted by Crippen LogP contribution is 2.06. The van der Waals surface area contributed by atoms with Crippen molar-refractivity contribution < 1.29 is 9.53 Å². The van der Waals surface area contributed by atoms with Gasteiger partial charge in [-0.3, -0.25) is 9.78 Å². The summed E-state index contributed by atoms with van der Waals surface area (Å²) in [6, 6.07) is 5.06. The number of hydrogen-bond acceptors (Lipinski definition) is 5. The normalized spacial score (nSPS) is 9.65. The quantitative estimate of drug-likeness (QED) is 0.844. The number of nitrogens with one attached hydrogen (secondary N) is 1. The molecule has 0 bridgehead atoms. The van der Waals surface area contributed by atoms with Gasteiger partial charge in [-0.15, -0.1) is 0 Å². The van der Waals surface area contributed by atoms with Crippen molar-refractivity contribution in [3.8, 4) is 5.75 Å². The summed E-state index contributed by atoms with van der Waals surface area (Å²) >= 11 is 0. The molecule has 0 atom stereocenters. The lowest BCUT2D eigenvalue weighted by Gasteiger charge is -2.05. The largest absolute Gasteiger partial charge is 0.482 e. The lowest BCUT2D eigenvalue weighted by Crippen LogP contribution is -2.20. The van der Waals surface area contributed by atoms with E-state index >= 15 is 0 Å². The van der Waals surface area contributed by atoms with Gasteiger partial charge in [-0.1, -0.05) is 0 Å². The fourth-order valence-corrected chi connectivity index (χ4v) is 1.12. The second-order valence-electron chi connectivity index (χ2n) is 3.12. The first-order chi connectivity index (χ1) is 8.34. The van der Waals surface area contributed by atoms with Crippen molar-refractivity contribution in [1.29, 1.82) is 0 Å². The van der Waals surface area contributed by atoms with Crippen molar-refractivity contribution in [1.82, 2.24) is 15.0 Å². The van der Waals surface area contributed by atoms with E-state index in [0.717, 1.165) is 0 Å².